The van der Waals surface area contributed by atoms with E-state index in [1.54, 1.807) is 19.1 Å². The lowest BCUT2D eigenvalue weighted by Crippen LogP contribution is -2.46. The van der Waals surface area contributed by atoms with Crippen LogP contribution in [0.4, 0.5) is 10.5 Å². The van der Waals surface area contributed by atoms with Gasteiger partial charge in [-0.2, -0.15) is 0 Å². The molecule has 180 valence electrons. The minimum Gasteiger partial charge on any atom is -0.319 e. The summed E-state index contributed by atoms with van der Waals surface area (Å²) in [5.74, 6) is -0.889. The van der Waals surface area contributed by atoms with Gasteiger partial charge in [0.25, 0.3) is 5.91 Å². The van der Waals surface area contributed by atoms with Gasteiger partial charge in [-0.3, -0.25) is 14.5 Å². The summed E-state index contributed by atoms with van der Waals surface area (Å²) < 4.78 is 23.8. The molecule has 1 unspecified atom stereocenters. The number of urea groups is 1. The number of imide groups is 1. The van der Waals surface area contributed by atoms with E-state index in [4.69, 9.17) is 0 Å². The first-order valence-corrected chi connectivity index (χ1v) is 13.2. The highest BCUT2D eigenvalue weighted by Gasteiger charge is 2.50. The van der Waals surface area contributed by atoms with Crippen LogP contribution in [0.1, 0.15) is 24.5 Å². The molecule has 0 aromatic heterocycles. The summed E-state index contributed by atoms with van der Waals surface area (Å²) in [6, 6.07) is 17.4. The number of carbonyl (C=O) groups excluding carboxylic acids is 3. The Morgan fingerprint density at radius 3 is 2.51 bits per heavy atom. The summed E-state index contributed by atoms with van der Waals surface area (Å²) in [6.07, 6.45) is 2.44. The Balaban J connectivity index is 1.39. The fourth-order valence-corrected chi connectivity index (χ4v) is 5.49. The van der Waals surface area contributed by atoms with Crippen LogP contribution < -0.4 is 10.2 Å². The summed E-state index contributed by atoms with van der Waals surface area (Å²) in [5, 5.41) is 4.73. The van der Waals surface area contributed by atoms with Gasteiger partial charge in [0.2, 0.25) is 5.91 Å². The van der Waals surface area contributed by atoms with Gasteiger partial charge >= 0.3 is 6.03 Å². The number of benzene rings is 3. The van der Waals surface area contributed by atoms with Crippen LogP contribution in [0.3, 0.4) is 0 Å². The van der Waals surface area contributed by atoms with E-state index in [1.807, 2.05) is 42.5 Å². The van der Waals surface area contributed by atoms with E-state index in [0.717, 1.165) is 27.5 Å². The van der Waals surface area contributed by atoms with E-state index in [9.17, 15) is 22.8 Å². The fourth-order valence-electron chi connectivity index (χ4n) is 4.82. The number of sulfone groups is 1. The van der Waals surface area contributed by atoms with E-state index in [1.165, 1.54) is 11.0 Å². The van der Waals surface area contributed by atoms with Gasteiger partial charge in [-0.05, 0) is 65.9 Å². The van der Waals surface area contributed by atoms with Crippen LogP contribution in [-0.4, -0.2) is 50.5 Å². The van der Waals surface area contributed by atoms with Gasteiger partial charge in [0.1, 0.15) is 12.1 Å². The lowest BCUT2D eigenvalue weighted by Gasteiger charge is -2.31. The van der Waals surface area contributed by atoms with E-state index >= 15 is 0 Å². The number of fused-ring (bicyclic) bond motifs is 2. The molecule has 0 spiro atoms. The number of rotatable bonds is 4. The highest BCUT2D eigenvalue weighted by Crippen LogP contribution is 2.33. The molecule has 1 fully saturated rings. The van der Waals surface area contributed by atoms with E-state index in [-0.39, 0.29) is 4.90 Å². The van der Waals surface area contributed by atoms with Gasteiger partial charge in [0, 0.05) is 18.5 Å². The summed E-state index contributed by atoms with van der Waals surface area (Å²) in [4.78, 5) is 42.1. The first-order chi connectivity index (χ1) is 16.6. The molecule has 5 rings (SSSR count). The van der Waals surface area contributed by atoms with Gasteiger partial charge in [-0.15, -0.1) is 0 Å². The van der Waals surface area contributed by atoms with Crippen molar-refractivity contribution < 1.29 is 22.8 Å². The van der Waals surface area contributed by atoms with Crippen LogP contribution in [0.25, 0.3) is 10.8 Å². The predicted molar refractivity (Wildman–Crippen MR) is 132 cm³/mol. The number of carbonyl (C=O) groups is 3. The number of nitrogens with one attached hydrogen (secondary N) is 1. The van der Waals surface area contributed by atoms with Crippen LogP contribution >= 0.6 is 0 Å². The third kappa shape index (κ3) is 3.95. The molecule has 3 aromatic carbocycles. The van der Waals surface area contributed by atoms with Crippen LogP contribution in [-0.2, 0) is 31.4 Å². The first kappa shape index (κ1) is 23.0. The Morgan fingerprint density at radius 2 is 1.77 bits per heavy atom. The molecule has 1 saturated heterocycles. The molecule has 4 amide bonds. The second-order valence-corrected chi connectivity index (χ2v) is 11.2. The Labute approximate surface area is 203 Å². The summed E-state index contributed by atoms with van der Waals surface area (Å²) in [6.45, 7) is 1.67. The van der Waals surface area contributed by atoms with Crippen molar-refractivity contribution in [3.63, 3.8) is 0 Å². The van der Waals surface area contributed by atoms with Crippen molar-refractivity contribution in [3.05, 3.63) is 71.8 Å². The molecule has 1 atom stereocenters. The summed E-state index contributed by atoms with van der Waals surface area (Å²) in [7, 11) is -3.37. The number of hydrogen-bond donors (Lipinski definition) is 1. The quantitative estimate of drug-likeness (QED) is 0.565. The number of aryl methyl sites for hydroxylation is 1. The molecule has 0 aliphatic carbocycles. The molecule has 2 aliphatic heterocycles. The molecule has 9 heteroatoms. The van der Waals surface area contributed by atoms with E-state index in [0.29, 0.717) is 30.6 Å². The smallest absolute Gasteiger partial charge is 0.319 e. The third-order valence-corrected chi connectivity index (χ3v) is 7.90. The highest BCUT2D eigenvalue weighted by molar-refractivity contribution is 7.90. The highest BCUT2D eigenvalue weighted by atomic mass is 32.2. The molecular formula is C26H25N3O5S. The number of nitrogens with zero attached hydrogens (tertiary/aromatic N) is 2. The normalized spacial score (nSPS) is 20.2. The topological polar surface area (TPSA) is 104 Å². The number of hydrogen-bond acceptors (Lipinski definition) is 5. The maximum atomic E-state index is 13.4. The largest absolute Gasteiger partial charge is 0.325 e. The monoisotopic (exact) mass is 491 g/mol. The Bertz CT molecular complexity index is 1500. The molecule has 0 bridgehead atoms. The van der Waals surface area contributed by atoms with Crippen LogP contribution in [0, 0.1) is 0 Å². The van der Waals surface area contributed by atoms with Gasteiger partial charge in [-0.25, -0.2) is 13.2 Å². The molecule has 35 heavy (non-hydrogen) atoms. The Hall–Kier alpha value is -3.72. The average Bonchev–Trinajstić information content (AvgIpc) is 3.06. The molecule has 8 nitrogen and oxygen atoms in total. The Kier molecular flexibility index (Phi) is 5.40. The molecule has 0 saturated carbocycles. The lowest BCUT2D eigenvalue weighted by molar-refractivity contribution is -0.134. The number of amides is 4. The zero-order chi connectivity index (χ0) is 25.0. The van der Waals surface area contributed by atoms with Crippen LogP contribution in [0.5, 0.6) is 0 Å². The van der Waals surface area contributed by atoms with Crippen molar-refractivity contribution in [1.82, 2.24) is 10.2 Å². The van der Waals surface area contributed by atoms with Crippen molar-refractivity contribution in [2.45, 2.75) is 30.2 Å². The SMILES string of the molecule is CC1(c2ccc3ccccc3c2)NC(=O)N(CC(=O)N2CCCc3cc(S(C)(=O)=O)ccc32)C1=O. The van der Waals surface area contributed by atoms with Gasteiger partial charge in [-0.1, -0.05) is 36.4 Å². The van der Waals surface area contributed by atoms with Gasteiger partial charge in [0.05, 0.1) is 4.90 Å². The molecule has 3 aromatic rings. The molecule has 0 radical (unpaired) electrons. The Morgan fingerprint density at radius 1 is 1.03 bits per heavy atom. The number of anilines is 1. The molecular weight excluding hydrogens is 466 g/mol. The van der Waals surface area contributed by atoms with Crippen molar-refractivity contribution in [2.24, 2.45) is 0 Å². The second kappa shape index (κ2) is 8.20. The van der Waals surface area contributed by atoms with Crippen molar-refractivity contribution in [2.75, 3.05) is 24.2 Å². The standard InChI is InChI=1S/C26H25N3O5S/c1-26(20-10-9-17-6-3-4-7-18(17)14-20)24(31)29(25(32)27-26)16-23(30)28-13-5-8-19-15-21(35(2,33)34)11-12-22(19)28/h3-4,6-7,9-12,14-15H,5,8,13,16H2,1-2H3,(H,27,32). The van der Waals surface area contributed by atoms with E-state index in [2.05, 4.69) is 5.32 Å². The second-order valence-electron chi connectivity index (χ2n) is 9.22. The van der Waals surface area contributed by atoms with Crippen molar-refractivity contribution in [1.29, 1.82) is 0 Å². The molecule has 2 heterocycles. The van der Waals surface area contributed by atoms with Gasteiger partial charge in [0.15, 0.2) is 9.84 Å². The zero-order valence-electron chi connectivity index (χ0n) is 19.4. The van der Waals surface area contributed by atoms with Crippen molar-refractivity contribution >= 4 is 44.1 Å². The predicted octanol–water partition coefficient (Wildman–Crippen LogP) is 2.99. The third-order valence-electron chi connectivity index (χ3n) is 6.79. The first-order valence-electron chi connectivity index (χ1n) is 11.3. The summed E-state index contributed by atoms with van der Waals surface area (Å²) >= 11 is 0. The van der Waals surface area contributed by atoms with Crippen LogP contribution in [0.15, 0.2) is 65.6 Å². The van der Waals surface area contributed by atoms with Crippen LogP contribution in [0.2, 0.25) is 0 Å². The summed E-state index contributed by atoms with van der Waals surface area (Å²) in [5.41, 5.74) is 0.718. The van der Waals surface area contributed by atoms with Gasteiger partial charge < -0.3 is 10.2 Å². The van der Waals surface area contributed by atoms with E-state index < -0.39 is 39.8 Å². The molecule has 2 aliphatic rings. The maximum absolute atomic E-state index is 13.4. The zero-order valence-corrected chi connectivity index (χ0v) is 20.3. The fraction of sp³-hybridized carbons (Fsp3) is 0.269. The minimum absolute atomic E-state index is 0.200. The van der Waals surface area contributed by atoms with Crippen molar-refractivity contribution in [3.8, 4) is 0 Å². The minimum atomic E-state index is -3.37. The maximum Gasteiger partial charge on any atom is 0.325 e. The lowest BCUT2D eigenvalue weighted by atomic mass is 9.90. The average molecular weight is 492 g/mol. The molecule has 1 N–H and O–H groups in total.